The molecule has 0 bridgehead atoms. The second kappa shape index (κ2) is 7.47. The van der Waals surface area contributed by atoms with E-state index >= 15 is 0 Å². The average molecular weight is 326 g/mol. The van der Waals surface area contributed by atoms with Gasteiger partial charge >= 0.3 is 0 Å². The van der Waals surface area contributed by atoms with Crippen LogP contribution in [-0.2, 0) is 9.47 Å². The van der Waals surface area contributed by atoms with Gasteiger partial charge in [-0.25, -0.2) is 0 Å². The normalized spacial score (nSPS) is 21.8. The molecule has 2 atom stereocenters. The molecule has 24 heavy (non-hydrogen) atoms. The molecule has 0 aliphatic carbocycles. The maximum atomic E-state index is 6.27. The predicted octanol–water partition coefficient (Wildman–Crippen LogP) is 3.31. The Bertz CT molecular complexity index is 574. The molecule has 0 amide bonds. The summed E-state index contributed by atoms with van der Waals surface area (Å²) in [6.45, 7) is 2.27. The molecule has 1 heterocycles. The van der Waals surface area contributed by atoms with Crippen molar-refractivity contribution in [3.8, 4) is 0 Å². The Morgan fingerprint density at radius 3 is 1.79 bits per heavy atom. The smallest absolute Gasteiger partial charge is 0.130 e. The third-order valence-corrected chi connectivity index (χ3v) is 4.43. The van der Waals surface area contributed by atoms with Gasteiger partial charge in [0.25, 0.3) is 0 Å². The zero-order chi connectivity index (χ0) is 17.0. The van der Waals surface area contributed by atoms with Gasteiger partial charge in [0, 0.05) is 5.92 Å². The fraction of sp³-hybridized carbons (Fsp3) is 0.429. The first kappa shape index (κ1) is 17.2. The van der Waals surface area contributed by atoms with Gasteiger partial charge in [0.1, 0.15) is 12.6 Å². The van der Waals surface area contributed by atoms with Gasteiger partial charge in [-0.1, -0.05) is 60.7 Å². The number of nitrogens with zero attached hydrogens (tertiary/aromatic N) is 1. The average Bonchev–Trinajstić information content (AvgIpc) is 2.57. The van der Waals surface area contributed by atoms with Crippen molar-refractivity contribution in [1.29, 1.82) is 0 Å². The molecule has 0 aromatic heterocycles. The second-order valence-electron chi connectivity index (χ2n) is 7.60. The SMILES string of the molecule is C[N+](C)(C)C[C@@H]1CO[C@H](C(c2ccccc2)c2ccccc2)CO1. The Morgan fingerprint density at radius 2 is 1.38 bits per heavy atom. The first-order chi connectivity index (χ1) is 11.5. The van der Waals surface area contributed by atoms with Crippen LogP contribution < -0.4 is 0 Å². The highest BCUT2D eigenvalue weighted by Crippen LogP contribution is 2.31. The minimum absolute atomic E-state index is 0.0542. The number of quaternary nitrogens is 1. The van der Waals surface area contributed by atoms with Crippen LogP contribution in [0.15, 0.2) is 60.7 Å². The van der Waals surface area contributed by atoms with E-state index in [1.165, 1.54) is 11.1 Å². The number of hydrogen-bond acceptors (Lipinski definition) is 2. The van der Waals surface area contributed by atoms with E-state index in [1.807, 2.05) is 0 Å². The van der Waals surface area contributed by atoms with E-state index in [-0.39, 0.29) is 18.1 Å². The molecule has 1 fully saturated rings. The Kier molecular flexibility index (Phi) is 5.34. The summed E-state index contributed by atoms with van der Waals surface area (Å²) in [5, 5.41) is 0. The van der Waals surface area contributed by atoms with Crippen LogP contribution in [0.1, 0.15) is 17.0 Å². The minimum Gasteiger partial charge on any atom is -0.372 e. The van der Waals surface area contributed by atoms with Gasteiger partial charge < -0.3 is 14.0 Å². The van der Waals surface area contributed by atoms with E-state index in [0.29, 0.717) is 13.2 Å². The molecule has 0 radical (unpaired) electrons. The highest BCUT2D eigenvalue weighted by molar-refractivity contribution is 5.34. The summed E-state index contributed by atoms with van der Waals surface area (Å²) >= 11 is 0. The molecule has 0 spiro atoms. The van der Waals surface area contributed by atoms with Crippen LogP contribution in [0.2, 0.25) is 0 Å². The maximum Gasteiger partial charge on any atom is 0.130 e. The summed E-state index contributed by atoms with van der Waals surface area (Å²) in [5.41, 5.74) is 2.56. The fourth-order valence-electron chi connectivity index (χ4n) is 3.41. The van der Waals surface area contributed by atoms with Crippen molar-refractivity contribution in [3.63, 3.8) is 0 Å². The van der Waals surface area contributed by atoms with Crippen LogP contribution >= 0.6 is 0 Å². The highest BCUT2D eigenvalue weighted by Gasteiger charge is 2.33. The van der Waals surface area contributed by atoms with E-state index in [2.05, 4.69) is 81.8 Å². The maximum absolute atomic E-state index is 6.27. The van der Waals surface area contributed by atoms with Crippen LogP contribution in [0.4, 0.5) is 0 Å². The van der Waals surface area contributed by atoms with Gasteiger partial charge in [-0.2, -0.15) is 0 Å². The van der Waals surface area contributed by atoms with Crippen molar-refractivity contribution in [2.75, 3.05) is 40.9 Å². The molecule has 0 N–H and O–H groups in total. The fourth-order valence-corrected chi connectivity index (χ4v) is 3.41. The first-order valence-corrected chi connectivity index (χ1v) is 8.66. The number of hydrogen-bond donors (Lipinski definition) is 0. The molecule has 128 valence electrons. The van der Waals surface area contributed by atoms with Crippen LogP contribution in [0.25, 0.3) is 0 Å². The Balaban J connectivity index is 1.76. The Labute approximate surface area is 145 Å². The van der Waals surface area contributed by atoms with Gasteiger partial charge in [0.15, 0.2) is 0 Å². The van der Waals surface area contributed by atoms with Gasteiger partial charge in [-0.15, -0.1) is 0 Å². The van der Waals surface area contributed by atoms with E-state index in [1.54, 1.807) is 0 Å². The van der Waals surface area contributed by atoms with E-state index in [9.17, 15) is 0 Å². The molecule has 2 aromatic rings. The van der Waals surface area contributed by atoms with Crippen molar-refractivity contribution in [2.24, 2.45) is 0 Å². The van der Waals surface area contributed by atoms with Gasteiger partial charge in [0.2, 0.25) is 0 Å². The van der Waals surface area contributed by atoms with Crippen LogP contribution in [-0.4, -0.2) is 57.6 Å². The first-order valence-electron chi connectivity index (χ1n) is 8.66. The van der Waals surface area contributed by atoms with Crippen LogP contribution in [0.3, 0.4) is 0 Å². The summed E-state index contributed by atoms with van der Waals surface area (Å²) in [4.78, 5) is 0. The molecular formula is C21H28NO2+. The number of rotatable bonds is 5. The van der Waals surface area contributed by atoms with Gasteiger partial charge in [-0.3, -0.25) is 0 Å². The molecule has 3 nitrogen and oxygen atoms in total. The molecule has 1 saturated heterocycles. The lowest BCUT2D eigenvalue weighted by Crippen LogP contribution is -2.48. The molecule has 0 saturated carbocycles. The summed E-state index contributed by atoms with van der Waals surface area (Å²) in [5.74, 6) is 0.206. The summed E-state index contributed by atoms with van der Waals surface area (Å²) in [6, 6.07) is 21.2. The highest BCUT2D eigenvalue weighted by atomic mass is 16.6. The third-order valence-electron chi connectivity index (χ3n) is 4.43. The van der Waals surface area contributed by atoms with E-state index in [4.69, 9.17) is 9.47 Å². The third kappa shape index (κ3) is 4.44. The summed E-state index contributed by atoms with van der Waals surface area (Å²) in [6.07, 6.45) is 0.229. The lowest BCUT2D eigenvalue weighted by Gasteiger charge is -2.37. The Hall–Kier alpha value is -1.68. The largest absolute Gasteiger partial charge is 0.372 e. The number of benzene rings is 2. The molecule has 0 unspecified atom stereocenters. The monoisotopic (exact) mass is 326 g/mol. The summed E-state index contributed by atoms with van der Waals surface area (Å²) < 4.78 is 13.3. The van der Waals surface area contributed by atoms with Gasteiger partial charge in [0.05, 0.1) is 40.5 Å². The van der Waals surface area contributed by atoms with Crippen molar-refractivity contribution < 1.29 is 14.0 Å². The number of ether oxygens (including phenoxy) is 2. The van der Waals surface area contributed by atoms with Gasteiger partial charge in [-0.05, 0) is 11.1 Å². The Morgan fingerprint density at radius 1 is 0.833 bits per heavy atom. The zero-order valence-electron chi connectivity index (χ0n) is 14.9. The van der Waals surface area contributed by atoms with Crippen molar-refractivity contribution in [3.05, 3.63) is 71.8 Å². The molecule has 2 aromatic carbocycles. The second-order valence-corrected chi connectivity index (χ2v) is 7.60. The molecule has 3 heteroatoms. The molecule has 1 aliphatic rings. The van der Waals surface area contributed by atoms with E-state index in [0.717, 1.165) is 11.0 Å². The lowest BCUT2D eigenvalue weighted by molar-refractivity contribution is -0.874. The summed E-state index contributed by atoms with van der Waals surface area (Å²) in [7, 11) is 6.56. The molecule has 1 aliphatic heterocycles. The standard InChI is InChI=1S/C21H28NO2/c1-22(2,3)14-19-15-24-20(16-23-19)21(17-10-6-4-7-11-17)18-12-8-5-9-13-18/h4-13,19-21H,14-16H2,1-3H3/q+1/t19-,20+/m1/s1. The van der Waals surface area contributed by atoms with Crippen molar-refractivity contribution in [2.45, 2.75) is 18.1 Å². The van der Waals surface area contributed by atoms with Crippen LogP contribution in [0, 0.1) is 0 Å². The predicted molar refractivity (Wildman–Crippen MR) is 97.1 cm³/mol. The van der Waals surface area contributed by atoms with Crippen molar-refractivity contribution >= 4 is 0 Å². The minimum atomic E-state index is 0.0542. The lowest BCUT2D eigenvalue weighted by atomic mass is 9.86. The van der Waals surface area contributed by atoms with Crippen molar-refractivity contribution in [1.82, 2.24) is 0 Å². The molecule has 3 rings (SSSR count). The molecular weight excluding hydrogens is 298 g/mol. The number of likely N-dealkylation sites (N-methyl/N-ethyl adjacent to an activating group) is 1. The topological polar surface area (TPSA) is 18.5 Å². The quantitative estimate of drug-likeness (QED) is 0.785. The van der Waals surface area contributed by atoms with E-state index < -0.39 is 0 Å². The van der Waals surface area contributed by atoms with Crippen LogP contribution in [0.5, 0.6) is 0 Å². The zero-order valence-corrected chi connectivity index (χ0v) is 14.9.